The van der Waals surface area contributed by atoms with Crippen LogP contribution in [0.2, 0.25) is 0 Å². The van der Waals surface area contributed by atoms with Crippen LogP contribution in [0.25, 0.3) is 0 Å². The molecule has 0 spiro atoms. The number of benzene rings is 1. The van der Waals surface area contributed by atoms with E-state index in [0.29, 0.717) is 0 Å². The van der Waals surface area contributed by atoms with Gasteiger partial charge in [0.25, 0.3) is 0 Å². The molecule has 2 heteroatoms. The van der Waals surface area contributed by atoms with Crippen molar-refractivity contribution in [2.24, 2.45) is 5.92 Å². The molecule has 1 saturated carbocycles. The highest BCUT2D eigenvalue weighted by molar-refractivity contribution is 5.42. The molecule has 1 aromatic rings. The summed E-state index contributed by atoms with van der Waals surface area (Å²) in [6.45, 7) is 3.60. The zero-order chi connectivity index (χ0) is 12.9. The molecule has 1 aliphatic carbocycles. The lowest BCUT2D eigenvalue weighted by atomic mass is 9.78. The smallest absolute Gasteiger partial charge is 0.0340 e. The fraction of sp³-hybridized carbons (Fsp3) is 0.647. The minimum absolute atomic E-state index is 0.889. The maximum atomic E-state index is 3.55. The van der Waals surface area contributed by atoms with E-state index in [1.54, 1.807) is 0 Å². The van der Waals surface area contributed by atoms with Gasteiger partial charge in [-0.15, -0.1) is 0 Å². The van der Waals surface area contributed by atoms with Gasteiger partial charge in [-0.2, -0.15) is 0 Å². The molecule has 2 aliphatic rings. The van der Waals surface area contributed by atoms with Crippen molar-refractivity contribution < 1.29 is 0 Å². The first-order valence-electron chi connectivity index (χ1n) is 7.96. The van der Waals surface area contributed by atoms with Crippen LogP contribution in [0.4, 0.5) is 5.69 Å². The average Bonchev–Trinajstić information content (AvgIpc) is 2.49. The molecule has 0 bridgehead atoms. The van der Waals surface area contributed by atoms with Crippen molar-refractivity contribution in [1.82, 2.24) is 4.90 Å². The van der Waals surface area contributed by atoms with Gasteiger partial charge in [0.1, 0.15) is 0 Å². The second kappa shape index (κ2) is 6.42. The molecule has 1 aromatic carbocycles. The number of likely N-dealkylation sites (tertiary alicyclic amines) is 1. The second-order valence-electron chi connectivity index (χ2n) is 6.08. The number of rotatable bonds is 4. The topological polar surface area (TPSA) is 15.3 Å². The lowest BCUT2D eigenvalue weighted by Crippen LogP contribution is -2.48. The first-order valence-corrected chi connectivity index (χ1v) is 7.96. The van der Waals surface area contributed by atoms with Crippen LogP contribution in [0.3, 0.4) is 0 Å². The molecule has 1 N–H and O–H groups in total. The molecule has 1 heterocycles. The zero-order valence-electron chi connectivity index (χ0n) is 11.9. The monoisotopic (exact) mass is 258 g/mol. The maximum absolute atomic E-state index is 3.55. The Kier molecular flexibility index (Phi) is 4.39. The van der Waals surface area contributed by atoms with Gasteiger partial charge in [-0.1, -0.05) is 31.0 Å². The Morgan fingerprint density at radius 1 is 1.00 bits per heavy atom. The molecular weight excluding hydrogens is 232 g/mol. The second-order valence-corrected chi connectivity index (χ2v) is 6.08. The van der Waals surface area contributed by atoms with E-state index in [1.807, 2.05) is 0 Å². The standard InChI is InChI=1S/C17H26N2/c1-2-9-16(10-3-1)18-12-14-19-13-6-8-15-7-4-5-11-17(15)19/h1-3,9-10,15,17-18H,4-8,11-14H2. The van der Waals surface area contributed by atoms with Gasteiger partial charge in [-0.3, -0.25) is 4.90 Å². The van der Waals surface area contributed by atoms with Crippen molar-refractivity contribution >= 4 is 5.69 Å². The van der Waals surface area contributed by atoms with Gasteiger partial charge in [-0.25, -0.2) is 0 Å². The van der Waals surface area contributed by atoms with Crippen molar-refractivity contribution in [2.75, 3.05) is 25.0 Å². The number of hydrogen-bond donors (Lipinski definition) is 1. The summed E-state index contributed by atoms with van der Waals surface area (Å²) in [6.07, 6.45) is 8.73. The lowest BCUT2D eigenvalue weighted by Gasteiger charge is -2.44. The number of nitrogens with zero attached hydrogens (tertiary/aromatic N) is 1. The summed E-state index contributed by atoms with van der Waals surface area (Å²) in [4.78, 5) is 2.75. The van der Waals surface area contributed by atoms with E-state index >= 15 is 0 Å². The Morgan fingerprint density at radius 2 is 1.79 bits per heavy atom. The van der Waals surface area contributed by atoms with Crippen LogP contribution in [-0.2, 0) is 0 Å². The minimum atomic E-state index is 0.889. The van der Waals surface area contributed by atoms with E-state index in [9.17, 15) is 0 Å². The lowest BCUT2D eigenvalue weighted by molar-refractivity contribution is 0.0645. The summed E-state index contributed by atoms with van der Waals surface area (Å²) in [5, 5.41) is 3.55. The van der Waals surface area contributed by atoms with Crippen LogP contribution in [0.5, 0.6) is 0 Å². The summed E-state index contributed by atoms with van der Waals surface area (Å²) in [7, 11) is 0. The third-order valence-electron chi connectivity index (χ3n) is 4.86. The van der Waals surface area contributed by atoms with Crippen molar-refractivity contribution in [2.45, 2.75) is 44.6 Å². The third-order valence-corrected chi connectivity index (χ3v) is 4.86. The molecule has 104 valence electrons. The third kappa shape index (κ3) is 3.30. The summed E-state index contributed by atoms with van der Waals surface area (Å²) < 4.78 is 0. The van der Waals surface area contributed by atoms with Gasteiger partial charge in [0, 0.05) is 24.8 Å². The Hall–Kier alpha value is -1.02. The Balaban J connectivity index is 1.49. The summed E-state index contributed by atoms with van der Waals surface area (Å²) in [5.41, 5.74) is 1.25. The molecule has 0 amide bonds. The van der Waals surface area contributed by atoms with Crippen molar-refractivity contribution in [1.29, 1.82) is 0 Å². The number of hydrogen-bond acceptors (Lipinski definition) is 2. The Labute approximate surface area is 117 Å². The van der Waals surface area contributed by atoms with E-state index < -0.39 is 0 Å². The average molecular weight is 258 g/mol. The van der Waals surface area contributed by atoms with Gasteiger partial charge in [0.15, 0.2) is 0 Å². The van der Waals surface area contributed by atoms with Crippen LogP contribution >= 0.6 is 0 Å². The molecule has 1 saturated heterocycles. The number of piperidine rings is 1. The quantitative estimate of drug-likeness (QED) is 0.884. The molecule has 19 heavy (non-hydrogen) atoms. The van der Waals surface area contributed by atoms with Gasteiger partial charge in [0.2, 0.25) is 0 Å². The maximum Gasteiger partial charge on any atom is 0.0340 e. The van der Waals surface area contributed by atoms with Crippen molar-refractivity contribution in [3.63, 3.8) is 0 Å². The molecule has 2 nitrogen and oxygen atoms in total. The van der Waals surface area contributed by atoms with Gasteiger partial charge in [0.05, 0.1) is 0 Å². The summed E-state index contributed by atoms with van der Waals surface area (Å²) >= 11 is 0. The number of anilines is 1. The van der Waals surface area contributed by atoms with E-state index in [4.69, 9.17) is 0 Å². The molecule has 2 atom stereocenters. The largest absolute Gasteiger partial charge is 0.384 e. The van der Waals surface area contributed by atoms with E-state index in [0.717, 1.165) is 18.5 Å². The van der Waals surface area contributed by atoms with Crippen LogP contribution in [-0.4, -0.2) is 30.6 Å². The number of fused-ring (bicyclic) bond motifs is 1. The normalized spacial score (nSPS) is 27.8. The van der Waals surface area contributed by atoms with Crippen LogP contribution in [0, 0.1) is 5.92 Å². The van der Waals surface area contributed by atoms with Gasteiger partial charge < -0.3 is 5.32 Å². The fourth-order valence-corrected chi connectivity index (χ4v) is 3.91. The zero-order valence-corrected chi connectivity index (χ0v) is 11.9. The van der Waals surface area contributed by atoms with Gasteiger partial charge >= 0.3 is 0 Å². The van der Waals surface area contributed by atoms with Crippen LogP contribution < -0.4 is 5.32 Å². The molecular formula is C17H26N2. The predicted octanol–water partition coefficient (Wildman–Crippen LogP) is 3.75. The van der Waals surface area contributed by atoms with E-state index in [1.165, 1.54) is 57.3 Å². The molecule has 0 aromatic heterocycles. The first-order chi connectivity index (χ1) is 9.43. The molecule has 0 radical (unpaired) electrons. The predicted molar refractivity (Wildman–Crippen MR) is 81.5 cm³/mol. The van der Waals surface area contributed by atoms with E-state index in [-0.39, 0.29) is 0 Å². The van der Waals surface area contributed by atoms with Gasteiger partial charge in [-0.05, 0) is 50.3 Å². The SMILES string of the molecule is c1ccc(NCCN2CCCC3CCCCC32)cc1. The Bertz CT molecular complexity index is 374. The summed E-state index contributed by atoms with van der Waals surface area (Å²) in [5.74, 6) is 0.999. The fourth-order valence-electron chi connectivity index (χ4n) is 3.91. The number of nitrogens with one attached hydrogen (secondary N) is 1. The van der Waals surface area contributed by atoms with Crippen molar-refractivity contribution in [3.05, 3.63) is 30.3 Å². The van der Waals surface area contributed by atoms with E-state index in [2.05, 4.69) is 40.5 Å². The first kappa shape index (κ1) is 13.0. The van der Waals surface area contributed by atoms with Crippen LogP contribution in [0.15, 0.2) is 30.3 Å². The highest BCUT2D eigenvalue weighted by atomic mass is 15.2. The molecule has 1 aliphatic heterocycles. The summed E-state index contributed by atoms with van der Waals surface area (Å²) in [6, 6.07) is 11.5. The highest BCUT2D eigenvalue weighted by Crippen LogP contribution is 2.34. The minimum Gasteiger partial charge on any atom is -0.384 e. The van der Waals surface area contributed by atoms with Crippen LogP contribution in [0.1, 0.15) is 38.5 Å². The molecule has 3 rings (SSSR count). The van der Waals surface area contributed by atoms with Crippen molar-refractivity contribution in [3.8, 4) is 0 Å². The molecule has 2 fully saturated rings. The Morgan fingerprint density at radius 3 is 2.68 bits per heavy atom. The number of para-hydroxylation sites is 1. The highest BCUT2D eigenvalue weighted by Gasteiger charge is 2.32. The molecule has 2 unspecified atom stereocenters.